The van der Waals surface area contributed by atoms with Gasteiger partial charge in [0.25, 0.3) is 15.9 Å². The summed E-state index contributed by atoms with van der Waals surface area (Å²) in [6, 6.07) is 12.3. The number of nitrogens with zero attached hydrogens (tertiary/aromatic N) is 6. The maximum Gasteiger partial charge on any atom is 0.427 e. The molecule has 2 fully saturated rings. The van der Waals surface area contributed by atoms with E-state index in [9.17, 15) is 23.3 Å². The third-order valence-corrected chi connectivity index (χ3v) is 11.4. The summed E-state index contributed by atoms with van der Waals surface area (Å²) in [5, 5.41) is 13.9. The first-order valence-corrected chi connectivity index (χ1v) is 18.3. The number of benzene rings is 2. The molecule has 0 radical (unpaired) electrons. The maximum atomic E-state index is 15.3. The average Bonchev–Trinajstić information content (AvgIpc) is 3.38. The van der Waals surface area contributed by atoms with Gasteiger partial charge < -0.3 is 19.2 Å². The zero-order valence-corrected chi connectivity index (χ0v) is 29.5. The standard InChI is InChI=1S/C35H40FN7O7S/c1-4-40-15-12-25(13-16-40)41-17-19-42(20-18-41)50-34(45)39-35(28-7-6-14-38-32(28)49-5-2)29-21-24(23-37)30(36)22-31(29)43(33(35)44)51(46,47)27-10-8-26(48-3)9-11-27/h6-11,14,21-22,25H,4-5,12-13,15-20H2,1-3H3,(H,39,45). The Kier molecular flexibility index (Phi) is 10.4. The molecule has 1 aromatic heterocycles. The Morgan fingerprint density at radius 2 is 1.76 bits per heavy atom. The fraction of sp³-hybridized carbons (Fsp3) is 0.429. The first-order valence-electron chi connectivity index (χ1n) is 16.8. The number of ether oxygens (including phenoxy) is 2. The number of aromatic nitrogens is 1. The Morgan fingerprint density at radius 1 is 1.06 bits per heavy atom. The predicted molar refractivity (Wildman–Crippen MR) is 183 cm³/mol. The summed E-state index contributed by atoms with van der Waals surface area (Å²) in [5.41, 5.74) is -3.48. The molecule has 2 aromatic carbocycles. The summed E-state index contributed by atoms with van der Waals surface area (Å²) < 4.78 is 55.2. The van der Waals surface area contributed by atoms with Crippen molar-refractivity contribution in [1.29, 1.82) is 5.26 Å². The minimum Gasteiger partial charge on any atom is -0.497 e. The van der Waals surface area contributed by atoms with Crippen molar-refractivity contribution in [3.05, 3.63) is 77.2 Å². The molecule has 0 aliphatic carbocycles. The minimum atomic E-state index is -4.75. The van der Waals surface area contributed by atoms with Gasteiger partial charge in [-0.05, 0) is 81.9 Å². The second-order valence-corrected chi connectivity index (χ2v) is 14.2. The van der Waals surface area contributed by atoms with E-state index in [1.807, 2.05) is 0 Å². The molecule has 51 heavy (non-hydrogen) atoms. The van der Waals surface area contributed by atoms with Crippen molar-refractivity contribution < 1.29 is 36.7 Å². The van der Waals surface area contributed by atoms with Gasteiger partial charge in [0.15, 0.2) is 5.54 Å². The minimum absolute atomic E-state index is 0.0405. The summed E-state index contributed by atoms with van der Waals surface area (Å²) in [7, 11) is -3.33. The van der Waals surface area contributed by atoms with E-state index in [1.54, 1.807) is 13.0 Å². The first kappa shape index (κ1) is 36.0. The summed E-state index contributed by atoms with van der Waals surface area (Å²) in [6.07, 6.45) is 2.46. The van der Waals surface area contributed by atoms with Crippen molar-refractivity contribution in [2.45, 2.75) is 43.2 Å². The highest BCUT2D eigenvalue weighted by Gasteiger charge is 2.59. The number of hydrogen-bond donors (Lipinski definition) is 1. The zero-order valence-electron chi connectivity index (χ0n) is 28.7. The first-order chi connectivity index (χ1) is 24.6. The maximum absolute atomic E-state index is 15.3. The molecule has 1 unspecified atom stereocenters. The van der Waals surface area contributed by atoms with Crippen LogP contribution in [-0.4, -0.2) is 106 Å². The van der Waals surface area contributed by atoms with Gasteiger partial charge in [0.1, 0.15) is 17.6 Å². The van der Waals surface area contributed by atoms with E-state index in [0.717, 1.165) is 44.6 Å². The molecule has 2 amide bonds. The normalized spacial score (nSPS) is 20.5. The molecule has 270 valence electrons. The molecule has 4 heterocycles. The van der Waals surface area contributed by atoms with Gasteiger partial charge in [-0.15, -0.1) is 5.06 Å². The molecule has 16 heteroatoms. The Balaban J connectivity index is 1.37. The average molecular weight is 722 g/mol. The number of nitriles is 1. The van der Waals surface area contributed by atoms with Gasteiger partial charge in [-0.1, -0.05) is 6.92 Å². The SMILES string of the molecule is CCOc1ncccc1C1(NC(=O)ON2CCN(C3CCN(CC)CC3)CC2)C(=O)N(S(=O)(=O)c2ccc(OC)cc2)c2cc(F)c(C#N)cc21. The number of methoxy groups -OCH3 is 1. The van der Waals surface area contributed by atoms with Crippen molar-refractivity contribution in [2.75, 3.05) is 63.8 Å². The number of carbonyl (C=O) groups is 2. The molecule has 3 aliphatic rings. The number of likely N-dealkylation sites (tertiary alicyclic amines) is 1. The van der Waals surface area contributed by atoms with Gasteiger partial charge in [-0.2, -0.15) is 9.57 Å². The van der Waals surface area contributed by atoms with Crippen molar-refractivity contribution in [2.24, 2.45) is 0 Å². The van der Waals surface area contributed by atoms with Crippen molar-refractivity contribution in [3.8, 4) is 17.7 Å². The van der Waals surface area contributed by atoms with Crippen LogP contribution in [0.1, 0.15) is 43.4 Å². The fourth-order valence-electron chi connectivity index (χ4n) is 7.02. The number of halogens is 1. The van der Waals surface area contributed by atoms with Gasteiger partial charge >= 0.3 is 6.09 Å². The number of hydrogen-bond acceptors (Lipinski definition) is 12. The fourth-order valence-corrected chi connectivity index (χ4v) is 8.47. The second kappa shape index (κ2) is 14.8. The Labute approximate surface area is 296 Å². The Bertz CT molecular complexity index is 1930. The number of fused-ring (bicyclic) bond motifs is 1. The Hall–Kier alpha value is -4.82. The van der Waals surface area contributed by atoms with Gasteiger partial charge in [-0.25, -0.2) is 22.6 Å². The number of sulfonamides is 1. The van der Waals surface area contributed by atoms with Crippen molar-refractivity contribution in [1.82, 2.24) is 25.2 Å². The lowest BCUT2D eigenvalue weighted by Crippen LogP contribution is -2.57. The molecule has 3 aliphatic heterocycles. The number of piperazine rings is 1. The molecule has 3 aromatic rings. The lowest BCUT2D eigenvalue weighted by molar-refractivity contribution is -0.134. The molecule has 6 rings (SSSR count). The molecule has 0 bridgehead atoms. The number of nitrogens with one attached hydrogen (secondary N) is 1. The highest BCUT2D eigenvalue weighted by Crippen LogP contribution is 2.49. The molecule has 2 saturated heterocycles. The van der Waals surface area contributed by atoms with E-state index in [4.69, 9.17) is 14.3 Å². The smallest absolute Gasteiger partial charge is 0.427 e. The van der Waals surface area contributed by atoms with E-state index < -0.39 is 44.6 Å². The van der Waals surface area contributed by atoms with Crippen LogP contribution in [0.15, 0.2) is 59.6 Å². The van der Waals surface area contributed by atoms with E-state index in [0.29, 0.717) is 42.3 Å². The van der Waals surface area contributed by atoms with E-state index in [1.165, 1.54) is 54.8 Å². The van der Waals surface area contributed by atoms with Gasteiger partial charge in [0, 0.05) is 50.0 Å². The third-order valence-electron chi connectivity index (χ3n) is 9.68. The number of piperidine rings is 1. The number of amides is 2. The van der Waals surface area contributed by atoms with E-state index in [2.05, 4.69) is 27.0 Å². The number of pyridine rings is 1. The molecular weight excluding hydrogens is 681 g/mol. The number of hydroxylamine groups is 2. The Morgan fingerprint density at radius 3 is 2.39 bits per heavy atom. The van der Waals surface area contributed by atoms with Crippen LogP contribution in [0, 0.1) is 17.1 Å². The summed E-state index contributed by atoms with van der Waals surface area (Å²) in [5.74, 6) is -1.97. The molecular formula is C35H40FN7O7S. The van der Waals surface area contributed by atoms with Gasteiger partial charge in [-0.3, -0.25) is 15.0 Å². The zero-order chi connectivity index (χ0) is 36.3. The van der Waals surface area contributed by atoms with Crippen molar-refractivity contribution in [3.63, 3.8) is 0 Å². The van der Waals surface area contributed by atoms with Gasteiger partial charge in [0.05, 0.1) is 35.4 Å². The van der Waals surface area contributed by atoms with E-state index >= 15 is 4.39 Å². The summed E-state index contributed by atoms with van der Waals surface area (Å²) in [4.78, 5) is 43.4. The van der Waals surface area contributed by atoms with Crippen LogP contribution in [-0.2, 0) is 25.2 Å². The number of carbonyl (C=O) groups excluding carboxylic acids is 2. The third kappa shape index (κ3) is 6.69. The lowest BCUT2D eigenvalue weighted by Gasteiger charge is -2.42. The number of anilines is 1. The van der Waals surface area contributed by atoms with Crippen LogP contribution in [0.2, 0.25) is 0 Å². The van der Waals surface area contributed by atoms with Gasteiger partial charge in [0.2, 0.25) is 5.88 Å². The summed E-state index contributed by atoms with van der Waals surface area (Å²) in [6.45, 7) is 9.18. The molecule has 1 atom stereocenters. The van der Waals surface area contributed by atoms with E-state index in [-0.39, 0.29) is 28.5 Å². The predicted octanol–water partition coefficient (Wildman–Crippen LogP) is 3.22. The van der Waals surface area contributed by atoms with Crippen LogP contribution in [0.5, 0.6) is 11.6 Å². The van der Waals surface area contributed by atoms with Crippen LogP contribution in [0.4, 0.5) is 14.9 Å². The topological polar surface area (TPSA) is 158 Å². The van der Waals surface area contributed by atoms with Crippen LogP contribution >= 0.6 is 0 Å². The van der Waals surface area contributed by atoms with Crippen molar-refractivity contribution >= 4 is 27.7 Å². The molecule has 14 nitrogen and oxygen atoms in total. The molecule has 1 N–H and O–H groups in total. The monoisotopic (exact) mass is 721 g/mol. The molecule has 0 saturated carbocycles. The molecule has 0 spiro atoms. The second-order valence-electron chi connectivity index (χ2n) is 12.4. The highest BCUT2D eigenvalue weighted by molar-refractivity contribution is 7.93. The number of rotatable bonds is 10. The summed E-state index contributed by atoms with van der Waals surface area (Å²) >= 11 is 0. The largest absolute Gasteiger partial charge is 0.497 e. The lowest BCUT2D eigenvalue weighted by atomic mass is 9.83. The van der Waals surface area contributed by atoms with Crippen LogP contribution < -0.4 is 19.1 Å². The highest BCUT2D eigenvalue weighted by atomic mass is 32.2. The quantitative estimate of drug-likeness (QED) is 0.327. The van der Waals surface area contributed by atoms with Crippen LogP contribution in [0.3, 0.4) is 0 Å². The van der Waals surface area contributed by atoms with Crippen LogP contribution in [0.25, 0.3) is 0 Å².